The first-order chi connectivity index (χ1) is 10.3. The highest BCUT2D eigenvalue weighted by Crippen LogP contribution is 2.34. The smallest absolute Gasteiger partial charge is 0.408 e. The molecule has 0 radical (unpaired) electrons. The van der Waals surface area contributed by atoms with Gasteiger partial charge in [-0.15, -0.1) is 0 Å². The lowest BCUT2D eigenvalue weighted by Crippen LogP contribution is -2.62. The van der Waals surface area contributed by atoms with Crippen molar-refractivity contribution >= 4 is 6.09 Å². The summed E-state index contributed by atoms with van der Waals surface area (Å²) in [5.74, 6) is 0. The highest BCUT2D eigenvalue weighted by atomic mass is 16.4. The Balaban J connectivity index is 2.17. The predicted molar refractivity (Wildman–Crippen MR) is 85.8 cm³/mol. The van der Waals surface area contributed by atoms with Gasteiger partial charge >= 0.3 is 6.09 Å². The Morgan fingerprint density at radius 1 is 1.32 bits per heavy atom. The van der Waals surface area contributed by atoms with Gasteiger partial charge in [0.05, 0.1) is 12.1 Å². The minimum absolute atomic E-state index is 0.151. The molecule has 1 heterocycles. The molecule has 1 amide bonds. The summed E-state index contributed by atoms with van der Waals surface area (Å²) >= 11 is 0. The highest BCUT2D eigenvalue weighted by Gasteiger charge is 2.49. The summed E-state index contributed by atoms with van der Waals surface area (Å²) in [5.41, 5.74) is -0.0650. The summed E-state index contributed by atoms with van der Waals surface area (Å²) in [6.45, 7) is 7.59. The minimum atomic E-state index is -0.969. The van der Waals surface area contributed by atoms with Gasteiger partial charge in [-0.1, -0.05) is 30.3 Å². The zero-order valence-corrected chi connectivity index (χ0v) is 13.6. The maximum atomic E-state index is 11.8. The molecule has 2 N–H and O–H groups in total. The van der Waals surface area contributed by atoms with Crippen molar-refractivity contribution in [1.29, 1.82) is 0 Å². The number of hydrogen-bond donors (Lipinski definition) is 2. The zero-order chi connectivity index (χ0) is 16.4. The molecule has 0 aromatic heterocycles. The molecule has 1 aliphatic rings. The molecule has 1 fully saturated rings. The van der Waals surface area contributed by atoms with E-state index in [9.17, 15) is 15.0 Å². The van der Waals surface area contributed by atoms with Gasteiger partial charge in [0.25, 0.3) is 0 Å². The van der Waals surface area contributed by atoms with Gasteiger partial charge in [0.2, 0.25) is 0 Å². The van der Waals surface area contributed by atoms with E-state index in [1.54, 1.807) is 0 Å². The fourth-order valence-corrected chi connectivity index (χ4v) is 3.50. The Morgan fingerprint density at radius 2 is 1.95 bits per heavy atom. The average Bonchev–Trinajstić information content (AvgIpc) is 2.82. The Morgan fingerprint density at radius 3 is 2.45 bits per heavy atom. The van der Waals surface area contributed by atoms with Gasteiger partial charge < -0.3 is 10.2 Å². The van der Waals surface area contributed by atoms with Crippen molar-refractivity contribution in [3.8, 4) is 0 Å². The Labute approximate surface area is 132 Å². The van der Waals surface area contributed by atoms with Crippen molar-refractivity contribution in [2.75, 3.05) is 19.7 Å². The number of aliphatic hydroxyl groups is 1. The molecule has 0 aliphatic carbocycles. The molecule has 0 spiro atoms. The van der Waals surface area contributed by atoms with Crippen LogP contribution in [0.4, 0.5) is 4.79 Å². The third kappa shape index (κ3) is 3.42. The van der Waals surface area contributed by atoms with Crippen LogP contribution in [0.2, 0.25) is 0 Å². The van der Waals surface area contributed by atoms with Gasteiger partial charge in [-0.05, 0) is 32.8 Å². The lowest BCUT2D eigenvalue weighted by Gasteiger charge is -2.46. The van der Waals surface area contributed by atoms with E-state index in [1.807, 2.05) is 39.0 Å². The second-order valence-corrected chi connectivity index (χ2v) is 7.12. The normalized spacial score (nSPS) is 22.7. The van der Waals surface area contributed by atoms with E-state index in [4.69, 9.17) is 0 Å². The fourth-order valence-electron chi connectivity index (χ4n) is 3.50. The van der Waals surface area contributed by atoms with Gasteiger partial charge in [0, 0.05) is 25.2 Å². The first kappa shape index (κ1) is 16.8. The van der Waals surface area contributed by atoms with Crippen LogP contribution in [0.25, 0.3) is 0 Å². The highest BCUT2D eigenvalue weighted by molar-refractivity contribution is 5.67. The van der Waals surface area contributed by atoms with Gasteiger partial charge in [0.15, 0.2) is 0 Å². The van der Waals surface area contributed by atoms with Crippen molar-refractivity contribution < 1.29 is 15.0 Å². The predicted octanol–water partition coefficient (Wildman–Crippen LogP) is 2.40. The van der Waals surface area contributed by atoms with E-state index in [2.05, 4.69) is 17.0 Å². The van der Waals surface area contributed by atoms with Crippen molar-refractivity contribution in [1.82, 2.24) is 9.80 Å². The van der Waals surface area contributed by atoms with Gasteiger partial charge in [-0.25, -0.2) is 4.79 Å². The molecule has 2 rings (SSSR count). The Hall–Kier alpha value is -1.59. The van der Waals surface area contributed by atoms with Crippen LogP contribution in [0.15, 0.2) is 30.3 Å². The molecule has 0 unspecified atom stereocenters. The second kappa shape index (κ2) is 6.26. The molecule has 22 heavy (non-hydrogen) atoms. The molecule has 1 atom stereocenters. The van der Waals surface area contributed by atoms with Crippen molar-refractivity contribution in [3.63, 3.8) is 0 Å². The van der Waals surface area contributed by atoms with Crippen LogP contribution in [0.5, 0.6) is 0 Å². The number of likely N-dealkylation sites (tertiary alicyclic amines) is 1. The molecular weight excluding hydrogens is 280 g/mol. The van der Waals surface area contributed by atoms with Crippen LogP contribution in [0.3, 0.4) is 0 Å². The standard InChI is InChI=1S/C17H26N2O3/c1-16(2,3)19(15(21)22)17(13-20)9-10-18(12-17)11-14-7-5-4-6-8-14/h4-8,20H,9-13H2,1-3H3,(H,21,22)/t17-/m1/s1. The first-order valence-corrected chi connectivity index (χ1v) is 7.69. The molecule has 1 saturated heterocycles. The molecule has 1 aromatic carbocycles. The Bertz CT molecular complexity index is 512. The van der Waals surface area contributed by atoms with Crippen molar-refractivity contribution in [2.24, 2.45) is 0 Å². The molecular formula is C17H26N2O3. The van der Waals surface area contributed by atoms with Crippen LogP contribution in [0.1, 0.15) is 32.8 Å². The van der Waals surface area contributed by atoms with E-state index in [-0.39, 0.29) is 6.61 Å². The number of amides is 1. The lowest BCUT2D eigenvalue weighted by molar-refractivity contribution is -0.0113. The number of carboxylic acid groups (broad SMARTS) is 1. The molecule has 5 nitrogen and oxygen atoms in total. The molecule has 1 aliphatic heterocycles. The van der Waals surface area contributed by atoms with E-state index in [1.165, 1.54) is 10.5 Å². The number of nitrogens with zero attached hydrogens (tertiary/aromatic N) is 2. The number of benzene rings is 1. The van der Waals surface area contributed by atoms with E-state index in [0.29, 0.717) is 13.0 Å². The van der Waals surface area contributed by atoms with E-state index < -0.39 is 17.2 Å². The summed E-state index contributed by atoms with van der Waals surface area (Å²) in [6.07, 6.45) is -0.317. The topological polar surface area (TPSA) is 64.0 Å². The molecule has 1 aromatic rings. The largest absolute Gasteiger partial charge is 0.465 e. The lowest BCUT2D eigenvalue weighted by atomic mass is 9.91. The molecule has 122 valence electrons. The molecule has 5 heteroatoms. The van der Waals surface area contributed by atoms with Gasteiger partial charge in [0.1, 0.15) is 0 Å². The van der Waals surface area contributed by atoms with Crippen LogP contribution in [0, 0.1) is 0 Å². The third-order valence-corrected chi connectivity index (χ3v) is 4.29. The van der Waals surface area contributed by atoms with Crippen LogP contribution < -0.4 is 0 Å². The SMILES string of the molecule is CC(C)(C)N(C(=O)O)[C@]1(CO)CCN(Cc2ccccc2)C1. The monoisotopic (exact) mass is 306 g/mol. The van der Waals surface area contributed by atoms with Crippen molar-refractivity contribution in [3.05, 3.63) is 35.9 Å². The molecule has 0 bridgehead atoms. The number of aliphatic hydroxyl groups excluding tert-OH is 1. The number of hydrogen-bond acceptors (Lipinski definition) is 3. The minimum Gasteiger partial charge on any atom is -0.465 e. The zero-order valence-electron chi connectivity index (χ0n) is 13.6. The first-order valence-electron chi connectivity index (χ1n) is 7.69. The maximum Gasteiger partial charge on any atom is 0.408 e. The van der Waals surface area contributed by atoms with Crippen molar-refractivity contribution in [2.45, 2.75) is 44.8 Å². The van der Waals surface area contributed by atoms with E-state index in [0.717, 1.165) is 13.1 Å². The third-order valence-electron chi connectivity index (χ3n) is 4.29. The Kier molecular flexibility index (Phi) is 4.78. The summed E-state index contributed by atoms with van der Waals surface area (Å²) in [7, 11) is 0. The summed E-state index contributed by atoms with van der Waals surface area (Å²) in [6, 6.07) is 10.1. The number of rotatable bonds is 4. The van der Waals surface area contributed by atoms with Gasteiger partial charge in [-0.2, -0.15) is 0 Å². The molecule has 0 saturated carbocycles. The summed E-state index contributed by atoms with van der Waals surface area (Å²) in [5, 5.41) is 19.6. The van der Waals surface area contributed by atoms with Crippen LogP contribution >= 0.6 is 0 Å². The van der Waals surface area contributed by atoms with Crippen LogP contribution in [-0.4, -0.2) is 56.9 Å². The fraction of sp³-hybridized carbons (Fsp3) is 0.588. The van der Waals surface area contributed by atoms with Gasteiger partial charge in [-0.3, -0.25) is 9.80 Å². The number of carbonyl (C=O) groups is 1. The summed E-state index contributed by atoms with van der Waals surface area (Å²) in [4.78, 5) is 15.4. The summed E-state index contributed by atoms with van der Waals surface area (Å²) < 4.78 is 0. The van der Waals surface area contributed by atoms with Crippen LogP contribution in [-0.2, 0) is 6.54 Å². The second-order valence-electron chi connectivity index (χ2n) is 7.12. The quantitative estimate of drug-likeness (QED) is 0.896. The van der Waals surface area contributed by atoms with E-state index >= 15 is 0 Å². The average molecular weight is 306 g/mol. The maximum absolute atomic E-state index is 11.8.